The van der Waals surface area contributed by atoms with E-state index >= 15 is 0 Å². The molecule has 0 saturated heterocycles. The van der Waals surface area contributed by atoms with Crippen LogP contribution >= 0.6 is 0 Å². The van der Waals surface area contributed by atoms with Gasteiger partial charge in [-0.25, -0.2) is 0 Å². The molecule has 2 aromatic rings. The molecule has 1 aliphatic carbocycles. The smallest absolute Gasteiger partial charge is 0.406 e. The second kappa shape index (κ2) is 12.1. The van der Waals surface area contributed by atoms with E-state index in [1.807, 2.05) is 13.8 Å². The molecule has 0 aliphatic heterocycles. The number of hydrogen-bond acceptors (Lipinski definition) is 5. The number of halogens is 3. The zero-order valence-electron chi connectivity index (χ0n) is 16.8. The molecule has 3 rings (SSSR count). The lowest BCUT2D eigenvalue weighted by molar-refractivity contribution is -0.274. The fourth-order valence-corrected chi connectivity index (χ4v) is 3.19. The van der Waals surface area contributed by atoms with Crippen LogP contribution in [0, 0.1) is 0 Å². The number of nitrogens with zero attached hydrogens (tertiary/aromatic N) is 1. The summed E-state index contributed by atoms with van der Waals surface area (Å²) >= 11 is 0. The molecule has 1 aromatic heterocycles. The van der Waals surface area contributed by atoms with E-state index in [1.165, 1.54) is 12.1 Å². The largest absolute Gasteiger partial charge is 0.573 e. The first-order valence-corrected chi connectivity index (χ1v) is 9.42. The second-order valence-corrected chi connectivity index (χ2v) is 5.96. The SMILES string of the molecule is CC.CO.O=Cc1ccncc1NCC1CCCc2cc(OC(F)(F)F)ccc21. The van der Waals surface area contributed by atoms with Crippen molar-refractivity contribution in [2.75, 3.05) is 19.0 Å². The molecule has 1 atom stereocenters. The third-order valence-corrected chi connectivity index (χ3v) is 4.31. The monoisotopic (exact) mass is 412 g/mol. The number of nitrogens with one attached hydrogen (secondary N) is 1. The Labute approximate surface area is 168 Å². The Bertz CT molecular complexity index is 767. The van der Waals surface area contributed by atoms with E-state index in [-0.39, 0.29) is 11.7 Å². The molecule has 5 nitrogen and oxygen atoms in total. The number of aldehydes is 1. The predicted molar refractivity (Wildman–Crippen MR) is 106 cm³/mol. The Morgan fingerprint density at radius 1 is 1.28 bits per heavy atom. The molecule has 160 valence electrons. The number of aliphatic hydroxyl groups excluding tert-OH is 1. The van der Waals surface area contributed by atoms with Crippen molar-refractivity contribution in [3.8, 4) is 5.75 Å². The van der Waals surface area contributed by atoms with Crippen LogP contribution in [0.15, 0.2) is 36.7 Å². The van der Waals surface area contributed by atoms with Crippen molar-refractivity contribution < 1.29 is 27.8 Å². The minimum Gasteiger partial charge on any atom is -0.406 e. The zero-order chi connectivity index (χ0) is 21.9. The van der Waals surface area contributed by atoms with Gasteiger partial charge in [-0.3, -0.25) is 9.78 Å². The number of benzene rings is 1. The van der Waals surface area contributed by atoms with E-state index < -0.39 is 6.36 Å². The third kappa shape index (κ3) is 7.38. The molecule has 0 fully saturated rings. The van der Waals surface area contributed by atoms with Gasteiger partial charge in [-0.2, -0.15) is 0 Å². The number of rotatable bonds is 5. The summed E-state index contributed by atoms with van der Waals surface area (Å²) in [4.78, 5) is 15.1. The standard InChI is InChI=1S/C18H17F3N2O2.C2H6.CH4O/c19-18(20,21)25-15-4-5-16-12(8-15)2-1-3-13(16)9-23-17-10-22-7-6-14(17)11-24;2*1-2/h4-8,10-11,13,23H,1-3,9H2;1-2H3;2H,1H3. The van der Waals surface area contributed by atoms with Crippen LogP contribution in [0.5, 0.6) is 5.75 Å². The normalized spacial score (nSPS) is 14.9. The minimum atomic E-state index is -4.69. The highest BCUT2D eigenvalue weighted by molar-refractivity contribution is 5.83. The lowest BCUT2D eigenvalue weighted by Crippen LogP contribution is -2.20. The first-order chi connectivity index (χ1) is 14.0. The Hall–Kier alpha value is -2.61. The van der Waals surface area contributed by atoms with Gasteiger partial charge >= 0.3 is 6.36 Å². The molecule has 0 radical (unpaired) electrons. The average Bonchev–Trinajstić information content (AvgIpc) is 2.74. The molecule has 0 bridgehead atoms. The number of pyridine rings is 1. The lowest BCUT2D eigenvalue weighted by atomic mass is 9.82. The van der Waals surface area contributed by atoms with Crippen molar-refractivity contribution in [3.63, 3.8) is 0 Å². The molecule has 2 N–H and O–H groups in total. The van der Waals surface area contributed by atoms with Crippen molar-refractivity contribution >= 4 is 12.0 Å². The van der Waals surface area contributed by atoms with Gasteiger partial charge < -0.3 is 15.2 Å². The molecule has 1 heterocycles. The number of ether oxygens (including phenoxy) is 1. The number of aryl methyl sites for hydroxylation is 1. The molecule has 0 amide bonds. The summed E-state index contributed by atoms with van der Waals surface area (Å²) in [6.45, 7) is 4.58. The van der Waals surface area contributed by atoms with E-state index in [9.17, 15) is 18.0 Å². The molecular weight excluding hydrogens is 385 g/mol. The highest BCUT2D eigenvalue weighted by Crippen LogP contribution is 2.35. The summed E-state index contributed by atoms with van der Waals surface area (Å²) < 4.78 is 41.1. The minimum absolute atomic E-state index is 0.156. The van der Waals surface area contributed by atoms with Crippen molar-refractivity contribution in [2.45, 2.75) is 45.4 Å². The van der Waals surface area contributed by atoms with E-state index in [2.05, 4.69) is 15.0 Å². The van der Waals surface area contributed by atoms with Crippen LogP contribution in [0.3, 0.4) is 0 Å². The Kier molecular flexibility index (Phi) is 10.2. The number of carbonyl (C=O) groups is 1. The number of fused-ring (bicyclic) bond motifs is 1. The number of carbonyl (C=O) groups excluding carboxylic acids is 1. The highest BCUT2D eigenvalue weighted by atomic mass is 19.4. The fourth-order valence-electron chi connectivity index (χ4n) is 3.19. The van der Waals surface area contributed by atoms with Gasteiger partial charge in [0.15, 0.2) is 6.29 Å². The predicted octanol–water partition coefficient (Wildman–Crippen LogP) is 4.96. The van der Waals surface area contributed by atoms with Crippen LogP contribution in [0.25, 0.3) is 0 Å². The van der Waals surface area contributed by atoms with Crippen LogP contribution in [-0.4, -0.2) is 36.4 Å². The van der Waals surface area contributed by atoms with Gasteiger partial charge in [0.05, 0.1) is 11.9 Å². The summed E-state index contributed by atoms with van der Waals surface area (Å²) in [6.07, 6.45) is 1.77. The molecule has 1 aromatic carbocycles. The first-order valence-electron chi connectivity index (χ1n) is 9.42. The number of alkyl halides is 3. The molecular formula is C21H27F3N2O3. The van der Waals surface area contributed by atoms with Crippen LogP contribution in [0.4, 0.5) is 18.9 Å². The van der Waals surface area contributed by atoms with Crippen molar-refractivity contribution in [2.24, 2.45) is 0 Å². The lowest BCUT2D eigenvalue weighted by Gasteiger charge is -2.27. The quantitative estimate of drug-likeness (QED) is 0.680. The average molecular weight is 412 g/mol. The maximum Gasteiger partial charge on any atom is 0.573 e. The van der Waals surface area contributed by atoms with Gasteiger partial charge in [-0.1, -0.05) is 19.9 Å². The van der Waals surface area contributed by atoms with Crippen molar-refractivity contribution in [3.05, 3.63) is 53.3 Å². The van der Waals surface area contributed by atoms with Gasteiger partial charge in [0.25, 0.3) is 0 Å². The van der Waals surface area contributed by atoms with Gasteiger partial charge in [0, 0.05) is 31.3 Å². The van der Waals surface area contributed by atoms with Crippen LogP contribution in [0.2, 0.25) is 0 Å². The van der Waals surface area contributed by atoms with Gasteiger partial charge in [-0.15, -0.1) is 13.2 Å². The summed E-state index contributed by atoms with van der Waals surface area (Å²) in [5.74, 6) is -0.0289. The molecule has 0 saturated carbocycles. The molecule has 8 heteroatoms. The zero-order valence-corrected chi connectivity index (χ0v) is 16.8. The summed E-state index contributed by atoms with van der Waals surface area (Å²) in [5.41, 5.74) is 3.08. The summed E-state index contributed by atoms with van der Waals surface area (Å²) in [7, 11) is 1.00. The number of anilines is 1. The number of aliphatic hydroxyl groups is 1. The molecule has 1 aliphatic rings. The van der Waals surface area contributed by atoms with Gasteiger partial charge in [-0.05, 0) is 48.6 Å². The van der Waals surface area contributed by atoms with E-state index in [4.69, 9.17) is 5.11 Å². The molecule has 0 spiro atoms. The first kappa shape index (κ1) is 24.4. The maximum absolute atomic E-state index is 12.4. The number of hydrogen-bond donors (Lipinski definition) is 2. The van der Waals surface area contributed by atoms with Crippen LogP contribution < -0.4 is 10.1 Å². The van der Waals surface area contributed by atoms with Crippen LogP contribution in [0.1, 0.15) is 54.1 Å². The topological polar surface area (TPSA) is 71.5 Å². The highest BCUT2D eigenvalue weighted by Gasteiger charge is 2.31. The van der Waals surface area contributed by atoms with E-state index in [1.54, 1.807) is 24.5 Å². The second-order valence-electron chi connectivity index (χ2n) is 5.96. The van der Waals surface area contributed by atoms with Gasteiger partial charge in [0.2, 0.25) is 0 Å². The van der Waals surface area contributed by atoms with E-state index in [0.717, 1.165) is 43.8 Å². The summed E-state index contributed by atoms with van der Waals surface area (Å²) in [5, 5.41) is 10.2. The Morgan fingerprint density at radius 3 is 2.66 bits per heavy atom. The van der Waals surface area contributed by atoms with Crippen molar-refractivity contribution in [1.29, 1.82) is 0 Å². The molecule has 29 heavy (non-hydrogen) atoms. The maximum atomic E-state index is 12.4. The Morgan fingerprint density at radius 2 is 2.00 bits per heavy atom. The Balaban J connectivity index is 0.000000989. The van der Waals surface area contributed by atoms with Gasteiger partial charge in [0.1, 0.15) is 5.75 Å². The fraction of sp³-hybridized carbons (Fsp3) is 0.429. The third-order valence-electron chi connectivity index (χ3n) is 4.31. The van der Waals surface area contributed by atoms with E-state index in [0.29, 0.717) is 17.8 Å². The summed E-state index contributed by atoms with van der Waals surface area (Å²) in [6, 6.07) is 6.15. The van der Waals surface area contributed by atoms with Crippen molar-refractivity contribution in [1.82, 2.24) is 4.98 Å². The van der Waals surface area contributed by atoms with Crippen LogP contribution in [-0.2, 0) is 6.42 Å². The molecule has 1 unspecified atom stereocenters. The number of aromatic nitrogens is 1.